The van der Waals surface area contributed by atoms with Crippen LogP contribution in [0.3, 0.4) is 0 Å². The minimum Gasteiger partial charge on any atom is -0.462 e. The Morgan fingerprint density at radius 3 is 2.64 bits per heavy atom. The van der Waals surface area contributed by atoms with Crippen LogP contribution < -0.4 is 4.90 Å². The van der Waals surface area contributed by atoms with Crippen LogP contribution in [-0.2, 0) is 14.3 Å². The van der Waals surface area contributed by atoms with Crippen LogP contribution in [0.5, 0.6) is 0 Å². The average molecular weight is 366 g/mol. The van der Waals surface area contributed by atoms with Gasteiger partial charge in [-0.1, -0.05) is 18.6 Å². The van der Waals surface area contributed by atoms with E-state index in [1.807, 2.05) is 24.3 Å². The summed E-state index contributed by atoms with van der Waals surface area (Å²) in [4.78, 5) is 26.2. The smallest absolute Gasteiger partial charge is 0.311 e. The Morgan fingerprint density at radius 1 is 1.18 bits per heavy atom. The molecule has 1 aliphatic heterocycles. The van der Waals surface area contributed by atoms with Crippen molar-refractivity contribution in [1.29, 1.82) is 0 Å². The molecule has 5 heteroatoms. The second kappa shape index (κ2) is 6.82. The third kappa shape index (κ3) is 3.35. The average Bonchev–Trinajstić information content (AvgIpc) is 2.91. The van der Waals surface area contributed by atoms with Gasteiger partial charge in [0.15, 0.2) is 0 Å². The number of benzene rings is 1. The van der Waals surface area contributed by atoms with E-state index in [2.05, 4.69) is 15.9 Å². The van der Waals surface area contributed by atoms with Gasteiger partial charge in [0, 0.05) is 17.4 Å². The topological polar surface area (TPSA) is 46.6 Å². The summed E-state index contributed by atoms with van der Waals surface area (Å²) in [6, 6.07) is 7.58. The maximum Gasteiger partial charge on any atom is 0.311 e. The number of amides is 1. The minimum absolute atomic E-state index is 0.0162. The number of carbonyl (C=O) groups excluding carboxylic acids is 2. The van der Waals surface area contributed by atoms with Crippen molar-refractivity contribution < 1.29 is 14.3 Å². The van der Waals surface area contributed by atoms with Crippen LogP contribution in [0.2, 0.25) is 0 Å². The highest BCUT2D eigenvalue weighted by molar-refractivity contribution is 9.10. The van der Waals surface area contributed by atoms with E-state index in [9.17, 15) is 9.59 Å². The van der Waals surface area contributed by atoms with Crippen molar-refractivity contribution in [1.82, 2.24) is 0 Å². The Labute approximate surface area is 138 Å². The van der Waals surface area contributed by atoms with Crippen molar-refractivity contribution in [3.63, 3.8) is 0 Å². The first-order chi connectivity index (χ1) is 10.6. The number of halogens is 1. The van der Waals surface area contributed by atoms with Crippen molar-refractivity contribution >= 4 is 33.5 Å². The van der Waals surface area contributed by atoms with Gasteiger partial charge in [0.2, 0.25) is 5.91 Å². The van der Waals surface area contributed by atoms with Crippen molar-refractivity contribution in [2.75, 3.05) is 11.4 Å². The molecule has 1 aromatic carbocycles. The maximum absolute atomic E-state index is 12.3. The van der Waals surface area contributed by atoms with E-state index in [-0.39, 0.29) is 30.3 Å². The zero-order valence-corrected chi connectivity index (χ0v) is 14.0. The highest BCUT2D eigenvalue weighted by atomic mass is 79.9. The van der Waals surface area contributed by atoms with Crippen molar-refractivity contribution in [2.24, 2.45) is 5.92 Å². The largest absolute Gasteiger partial charge is 0.462 e. The fourth-order valence-corrected chi connectivity index (χ4v) is 3.71. The Kier molecular flexibility index (Phi) is 4.81. The van der Waals surface area contributed by atoms with E-state index < -0.39 is 0 Å². The number of ether oxygens (including phenoxy) is 1. The van der Waals surface area contributed by atoms with Gasteiger partial charge in [-0.15, -0.1) is 0 Å². The molecule has 1 aromatic rings. The van der Waals surface area contributed by atoms with Crippen LogP contribution in [-0.4, -0.2) is 24.5 Å². The molecule has 1 amide bonds. The molecule has 4 nitrogen and oxygen atoms in total. The molecule has 2 fully saturated rings. The minimum atomic E-state index is -0.346. The van der Waals surface area contributed by atoms with E-state index in [0.717, 1.165) is 35.8 Å². The summed E-state index contributed by atoms with van der Waals surface area (Å²) < 4.78 is 6.47. The number of carbonyl (C=O) groups is 2. The molecule has 1 atom stereocenters. The van der Waals surface area contributed by atoms with Gasteiger partial charge in [-0.3, -0.25) is 9.59 Å². The number of esters is 1. The summed E-state index contributed by atoms with van der Waals surface area (Å²) >= 11 is 3.46. The lowest BCUT2D eigenvalue weighted by Crippen LogP contribution is -2.29. The van der Waals surface area contributed by atoms with Gasteiger partial charge in [-0.05, 0) is 53.7 Å². The monoisotopic (exact) mass is 365 g/mol. The van der Waals surface area contributed by atoms with Crippen LogP contribution in [0.4, 0.5) is 5.69 Å². The first-order valence-corrected chi connectivity index (χ1v) is 8.70. The molecule has 1 saturated carbocycles. The molecular weight excluding hydrogens is 346 g/mol. The van der Waals surface area contributed by atoms with E-state index >= 15 is 0 Å². The number of anilines is 1. The molecule has 22 heavy (non-hydrogen) atoms. The molecule has 1 unspecified atom stereocenters. The summed E-state index contributed by atoms with van der Waals surface area (Å²) in [6.07, 6.45) is 5.70. The summed E-state index contributed by atoms with van der Waals surface area (Å²) in [6.45, 7) is 0.410. The highest BCUT2D eigenvalue weighted by Gasteiger charge is 2.37. The zero-order valence-electron chi connectivity index (χ0n) is 12.5. The molecule has 1 heterocycles. The number of hydrogen-bond acceptors (Lipinski definition) is 3. The lowest BCUT2D eigenvalue weighted by atomic mass is 9.97. The van der Waals surface area contributed by atoms with Crippen LogP contribution in [0.25, 0.3) is 0 Å². The van der Waals surface area contributed by atoms with Crippen LogP contribution in [0, 0.1) is 5.92 Å². The standard InChI is InChI=1S/C17H20BrNO3/c18-14-8-4-5-9-15(14)19-11-12(10-16(19)20)17(21)22-13-6-2-1-3-7-13/h4-5,8-9,12-13H,1-3,6-7,10-11H2. The number of nitrogens with zero attached hydrogens (tertiary/aromatic N) is 1. The molecule has 3 rings (SSSR count). The molecule has 0 aromatic heterocycles. The maximum atomic E-state index is 12.3. The summed E-state index contributed by atoms with van der Waals surface area (Å²) in [7, 11) is 0. The van der Waals surface area contributed by atoms with E-state index in [1.165, 1.54) is 6.42 Å². The molecule has 1 aliphatic carbocycles. The molecule has 1 saturated heterocycles. The van der Waals surface area contributed by atoms with E-state index in [4.69, 9.17) is 4.74 Å². The molecule has 118 valence electrons. The van der Waals surface area contributed by atoms with Crippen molar-refractivity contribution in [3.05, 3.63) is 28.7 Å². The predicted molar refractivity (Wildman–Crippen MR) is 87.6 cm³/mol. The predicted octanol–water partition coefficient (Wildman–Crippen LogP) is 3.68. The fraction of sp³-hybridized carbons (Fsp3) is 0.529. The summed E-state index contributed by atoms with van der Waals surface area (Å²) in [5, 5.41) is 0. The lowest BCUT2D eigenvalue weighted by molar-refractivity contribution is -0.155. The Bertz CT molecular complexity index is 569. The highest BCUT2D eigenvalue weighted by Crippen LogP contribution is 2.32. The first kappa shape index (κ1) is 15.5. The molecular formula is C17H20BrNO3. The summed E-state index contributed by atoms with van der Waals surface area (Å²) in [5.41, 5.74) is 0.820. The number of para-hydroxylation sites is 1. The van der Waals surface area contributed by atoms with Gasteiger partial charge in [0.05, 0.1) is 11.6 Å². The Balaban J connectivity index is 1.64. The van der Waals surface area contributed by atoms with Gasteiger partial charge in [-0.25, -0.2) is 0 Å². The summed E-state index contributed by atoms with van der Waals surface area (Å²) in [5.74, 6) is -0.575. The molecule has 0 spiro atoms. The normalized spacial score (nSPS) is 22.9. The Morgan fingerprint density at radius 2 is 1.91 bits per heavy atom. The van der Waals surface area contributed by atoms with Gasteiger partial charge in [0.25, 0.3) is 0 Å². The molecule has 0 radical (unpaired) electrons. The first-order valence-electron chi connectivity index (χ1n) is 7.90. The van der Waals surface area contributed by atoms with Gasteiger partial charge < -0.3 is 9.64 Å². The third-order valence-electron chi connectivity index (χ3n) is 4.44. The Hall–Kier alpha value is -1.36. The zero-order chi connectivity index (χ0) is 15.5. The van der Waals surface area contributed by atoms with E-state index in [1.54, 1.807) is 4.90 Å². The van der Waals surface area contributed by atoms with Crippen molar-refractivity contribution in [2.45, 2.75) is 44.6 Å². The number of hydrogen-bond donors (Lipinski definition) is 0. The SMILES string of the molecule is O=C(OC1CCCCC1)C1CC(=O)N(c2ccccc2Br)C1. The van der Waals surface area contributed by atoms with Crippen LogP contribution in [0.15, 0.2) is 28.7 Å². The molecule has 2 aliphatic rings. The van der Waals surface area contributed by atoms with Gasteiger partial charge in [0.1, 0.15) is 6.10 Å². The second-order valence-corrected chi connectivity index (χ2v) is 6.91. The second-order valence-electron chi connectivity index (χ2n) is 6.05. The van der Waals surface area contributed by atoms with E-state index in [0.29, 0.717) is 6.54 Å². The lowest BCUT2D eigenvalue weighted by Gasteiger charge is -2.23. The quantitative estimate of drug-likeness (QED) is 0.767. The molecule has 0 bridgehead atoms. The van der Waals surface area contributed by atoms with Gasteiger partial charge in [-0.2, -0.15) is 0 Å². The van der Waals surface area contributed by atoms with Crippen LogP contribution in [0.1, 0.15) is 38.5 Å². The number of rotatable bonds is 3. The third-order valence-corrected chi connectivity index (χ3v) is 5.11. The fourth-order valence-electron chi connectivity index (χ4n) is 3.21. The van der Waals surface area contributed by atoms with Gasteiger partial charge >= 0.3 is 5.97 Å². The van der Waals surface area contributed by atoms with Crippen LogP contribution >= 0.6 is 15.9 Å². The molecule has 0 N–H and O–H groups in total. The van der Waals surface area contributed by atoms with Crippen molar-refractivity contribution in [3.8, 4) is 0 Å².